The predicted molar refractivity (Wildman–Crippen MR) is 75.2 cm³/mol. The van der Waals surface area contributed by atoms with Gasteiger partial charge in [0.25, 0.3) is 0 Å². The molecular weight excluding hydrogens is 238 g/mol. The van der Waals surface area contributed by atoms with Gasteiger partial charge in [0.1, 0.15) is 5.75 Å². The van der Waals surface area contributed by atoms with Crippen molar-refractivity contribution in [3.8, 4) is 5.75 Å². The highest BCUT2D eigenvalue weighted by Gasteiger charge is 2.18. The molecule has 0 aliphatic carbocycles. The van der Waals surface area contributed by atoms with Gasteiger partial charge in [-0.1, -0.05) is 25.1 Å². The van der Waals surface area contributed by atoms with Gasteiger partial charge in [0, 0.05) is 18.0 Å². The largest absolute Gasteiger partial charge is 0.494 e. The first-order valence-corrected chi connectivity index (χ1v) is 6.57. The number of para-hydroxylation sites is 1. The summed E-state index contributed by atoms with van der Waals surface area (Å²) in [5, 5.41) is 3.43. The van der Waals surface area contributed by atoms with Crippen LogP contribution in [-0.2, 0) is 0 Å². The van der Waals surface area contributed by atoms with E-state index >= 15 is 0 Å². The van der Waals surface area contributed by atoms with Crippen LogP contribution in [0.1, 0.15) is 31.1 Å². The van der Waals surface area contributed by atoms with Crippen molar-refractivity contribution in [3.63, 3.8) is 0 Å². The van der Waals surface area contributed by atoms with Gasteiger partial charge < -0.3 is 10.1 Å². The van der Waals surface area contributed by atoms with Crippen LogP contribution in [0.4, 0.5) is 0 Å². The van der Waals surface area contributed by atoms with Gasteiger partial charge in [0.05, 0.1) is 24.5 Å². The molecule has 0 spiro atoms. The van der Waals surface area contributed by atoms with E-state index in [0.717, 1.165) is 23.6 Å². The summed E-state index contributed by atoms with van der Waals surface area (Å²) >= 11 is 0. The third-order valence-electron chi connectivity index (χ3n) is 2.82. The van der Waals surface area contributed by atoms with Crippen LogP contribution in [0.5, 0.6) is 5.75 Å². The van der Waals surface area contributed by atoms with Crippen LogP contribution in [0, 0.1) is 0 Å². The number of benzene rings is 1. The molecule has 4 nitrogen and oxygen atoms in total. The summed E-state index contributed by atoms with van der Waals surface area (Å²) in [4.78, 5) is 8.54. The van der Waals surface area contributed by atoms with Crippen LogP contribution >= 0.6 is 0 Å². The fourth-order valence-electron chi connectivity index (χ4n) is 2.04. The third kappa shape index (κ3) is 3.29. The molecule has 100 valence electrons. The summed E-state index contributed by atoms with van der Waals surface area (Å²) in [5.74, 6) is 0.890. The molecular formula is C15H19N3O. The number of nitrogens with zero attached hydrogens (tertiary/aromatic N) is 2. The second-order valence-electron chi connectivity index (χ2n) is 4.09. The molecule has 0 saturated carbocycles. The van der Waals surface area contributed by atoms with Crippen LogP contribution in [0.25, 0.3) is 0 Å². The molecule has 2 rings (SSSR count). The van der Waals surface area contributed by atoms with E-state index < -0.39 is 0 Å². The maximum absolute atomic E-state index is 5.70. The van der Waals surface area contributed by atoms with Gasteiger partial charge in [-0.05, 0) is 19.5 Å². The normalized spacial score (nSPS) is 12.1. The number of aromatic nitrogens is 2. The smallest absolute Gasteiger partial charge is 0.124 e. The van der Waals surface area contributed by atoms with Crippen LogP contribution in [0.15, 0.2) is 42.9 Å². The van der Waals surface area contributed by atoms with Gasteiger partial charge >= 0.3 is 0 Å². The topological polar surface area (TPSA) is 47.0 Å². The molecule has 1 heterocycles. The molecule has 0 fully saturated rings. The zero-order valence-corrected chi connectivity index (χ0v) is 11.3. The average Bonchev–Trinajstić information content (AvgIpc) is 2.47. The molecule has 0 radical (unpaired) electrons. The van der Waals surface area contributed by atoms with E-state index in [1.807, 2.05) is 25.1 Å². The Kier molecular flexibility index (Phi) is 4.86. The summed E-state index contributed by atoms with van der Waals surface area (Å²) in [6, 6.07) is 8.04. The Hall–Kier alpha value is -1.94. The standard InChI is InChI=1S/C15H19N3O/c1-3-17-15(13-11-16-9-10-18-13)12-7-5-6-8-14(12)19-4-2/h5-11,15,17H,3-4H2,1-2H3. The minimum absolute atomic E-state index is 0.00134. The summed E-state index contributed by atoms with van der Waals surface area (Å²) < 4.78 is 5.70. The Labute approximate surface area is 113 Å². The van der Waals surface area contributed by atoms with Gasteiger partial charge in [0.15, 0.2) is 0 Å². The Morgan fingerprint density at radius 2 is 2.05 bits per heavy atom. The Balaban J connectivity index is 2.39. The highest BCUT2D eigenvalue weighted by Crippen LogP contribution is 2.28. The highest BCUT2D eigenvalue weighted by atomic mass is 16.5. The molecule has 0 aliphatic heterocycles. The molecule has 1 aromatic heterocycles. The number of ether oxygens (including phenoxy) is 1. The van der Waals surface area contributed by atoms with Gasteiger partial charge in [0.2, 0.25) is 0 Å². The molecule has 0 amide bonds. The molecule has 1 atom stereocenters. The SMILES string of the molecule is CCNC(c1cnccn1)c1ccccc1OCC. The average molecular weight is 257 g/mol. The minimum atomic E-state index is 0.00134. The Morgan fingerprint density at radius 1 is 1.21 bits per heavy atom. The van der Waals surface area contributed by atoms with Gasteiger partial charge in [-0.25, -0.2) is 0 Å². The zero-order chi connectivity index (χ0) is 13.5. The number of rotatable bonds is 6. The van der Waals surface area contributed by atoms with Crippen molar-refractivity contribution in [2.45, 2.75) is 19.9 Å². The number of hydrogen-bond acceptors (Lipinski definition) is 4. The van der Waals surface area contributed by atoms with E-state index in [1.165, 1.54) is 0 Å². The summed E-state index contributed by atoms with van der Waals surface area (Å²) in [5.41, 5.74) is 1.99. The van der Waals surface area contributed by atoms with Crippen molar-refractivity contribution in [2.75, 3.05) is 13.2 Å². The Morgan fingerprint density at radius 3 is 2.74 bits per heavy atom. The molecule has 0 aliphatic rings. The van der Waals surface area contributed by atoms with Gasteiger partial charge in [-0.3, -0.25) is 9.97 Å². The summed E-state index contributed by atoms with van der Waals surface area (Å²) in [6.45, 7) is 5.56. The van der Waals surface area contributed by atoms with Crippen molar-refractivity contribution in [3.05, 3.63) is 54.1 Å². The molecule has 19 heavy (non-hydrogen) atoms. The van der Waals surface area contributed by atoms with E-state index in [4.69, 9.17) is 4.74 Å². The van der Waals surface area contributed by atoms with E-state index in [0.29, 0.717) is 6.61 Å². The maximum atomic E-state index is 5.70. The predicted octanol–water partition coefficient (Wildman–Crippen LogP) is 2.57. The van der Waals surface area contributed by atoms with Crippen molar-refractivity contribution in [1.29, 1.82) is 0 Å². The number of hydrogen-bond donors (Lipinski definition) is 1. The van der Waals surface area contributed by atoms with E-state index in [2.05, 4.69) is 28.3 Å². The fourth-order valence-corrected chi connectivity index (χ4v) is 2.04. The van der Waals surface area contributed by atoms with Crippen molar-refractivity contribution in [2.24, 2.45) is 0 Å². The first kappa shape index (κ1) is 13.5. The third-order valence-corrected chi connectivity index (χ3v) is 2.82. The zero-order valence-electron chi connectivity index (χ0n) is 11.3. The van der Waals surface area contributed by atoms with Crippen LogP contribution < -0.4 is 10.1 Å². The first-order valence-electron chi connectivity index (χ1n) is 6.57. The van der Waals surface area contributed by atoms with Gasteiger partial charge in [-0.2, -0.15) is 0 Å². The van der Waals surface area contributed by atoms with Crippen LogP contribution in [-0.4, -0.2) is 23.1 Å². The van der Waals surface area contributed by atoms with E-state index in [-0.39, 0.29) is 6.04 Å². The van der Waals surface area contributed by atoms with Gasteiger partial charge in [-0.15, -0.1) is 0 Å². The lowest BCUT2D eigenvalue weighted by molar-refractivity contribution is 0.333. The molecule has 2 aromatic rings. The summed E-state index contributed by atoms with van der Waals surface area (Å²) in [6.07, 6.45) is 5.18. The lowest BCUT2D eigenvalue weighted by Crippen LogP contribution is -2.23. The first-order chi connectivity index (χ1) is 9.36. The van der Waals surface area contributed by atoms with E-state index in [1.54, 1.807) is 18.6 Å². The van der Waals surface area contributed by atoms with Crippen LogP contribution in [0.2, 0.25) is 0 Å². The Bertz CT molecular complexity index is 502. The summed E-state index contributed by atoms with van der Waals surface area (Å²) in [7, 11) is 0. The van der Waals surface area contributed by atoms with Crippen molar-refractivity contribution in [1.82, 2.24) is 15.3 Å². The fraction of sp³-hybridized carbons (Fsp3) is 0.333. The van der Waals surface area contributed by atoms with Crippen molar-refractivity contribution < 1.29 is 4.74 Å². The minimum Gasteiger partial charge on any atom is -0.494 e. The highest BCUT2D eigenvalue weighted by molar-refractivity contribution is 5.39. The monoisotopic (exact) mass is 257 g/mol. The second kappa shape index (κ2) is 6.85. The lowest BCUT2D eigenvalue weighted by atomic mass is 10.0. The lowest BCUT2D eigenvalue weighted by Gasteiger charge is -2.20. The van der Waals surface area contributed by atoms with E-state index in [9.17, 15) is 0 Å². The molecule has 0 saturated heterocycles. The molecule has 4 heteroatoms. The maximum Gasteiger partial charge on any atom is 0.124 e. The second-order valence-corrected chi connectivity index (χ2v) is 4.09. The molecule has 1 aromatic carbocycles. The quantitative estimate of drug-likeness (QED) is 0.864. The molecule has 0 bridgehead atoms. The van der Waals surface area contributed by atoms with Crippen LogP contribution in [0.3, 0.4) is 0 Å². The molecule has 1 unspecified atom stereocenters. The number of nitrogens with one attached hydrogen (secondary N) is 1. The van der Waals surface area contributed by atoms with Crippen molar-refractivity contribution >= 4 is 0 Å². The molecule has 1 N–H and O–H groups in total.